The minimum Gasteiger partial charge on any atom is -0.261 e. The van der Waals surface area contributed by atoms with E-state index < -0.39 is 10.0 Å². The Bertz CT molecular complexity index is 592. The monoisotopic (exact) mass is 252 g/mol. The number of aryl methyl sites for hydroxylation is 1. The van der Waals surface area contributed by atoms with Crippen molar-refractivity contribution in [1.82, 2.24) is 15.2 Å². The SMILES string of the molecule is Cc1nc(NS(=O)(=O)Cc2ccccc2)n[nH]1. The van der Waals surface area contributed by atoms with Crippen LogP contribution in [0.2, 0.25) is 0 Å². The summed E-state index contributed by atoms with van der Waals surface area (Å²) in [6.07, 6.45) is 0. The Morgan fingerprint density at radius 3 is 2.59 bits per heavy atom. The van der Waals surface area contributed by atoms with Crippen molar-refractivity contribution in [2.24, 2.45) is 0 Å². The van der Waals surface area contributed by atoms with Gasteiger partial charge in [0.1, 0.15) is 5.82 Å². The second kappa shape index (κ2) is 4.54. The van der Waals surface area contributed by atoms with E-state index in [9.17, 15) is 8.42 Å². The molecule has 0 radical (unpaired) electrons. The zero-order valence-corrected chi connectivity index (χ0v) is 10.0. The molecule has 0 spiro atoms. The van der Waals surface area contributed by atoms with Crippen molar-refractivity contribution >= 4 is 16.0 Å². The number of aromatic amines is 1. The van der Waals surface area contributed by atoms with Crippen LogP contribution in [0.15, 0.2) is 30.3 Å². The van der Waals surface area contributed by atoms with Crippen molar-refractivity contribution in [3.05, 3.63) is 41.7 Å². The van der Waals surface area contributed by atoms with Gasteiger partial charge in [0.2, 0.25) is 10.0 Å². The summed E-state index contributed by atoms with van der Waals surface area (Å²) < 4.78 is 25.9. The molecule has 0 unspecified atom stereocenters. The molecule has 2 N–H and O–H groups in total. The first-order valence-electron chi connectivity index (χ1n) is 4.98. The minimum atomic E-state index is -3.47. The highest BCUT2D eigenvalue weighted by Crippen LogP contribution is 2.08. The van der Waals surface area contributed by atoms with Gasteiger partial charge in [-0.15, -0.1) is 5.10 Å². The van der Waals surface area contributed by atoms with Gasteiger partial charge in [-0.2, -0.15) is 4.98 Å². The van der Waals surface area contributed by atoms with Crippen LogP contribution in [-0.4, -0.2) is 23.6 Å². The second-order valence-corrected chi connectivity index (χ2v) is 5.31. The van der Waals surface area contributed by atoms with Crippen molar-refractivity contribution in [2.75, 3.05) is 4.72 Å². The standard InChI is InChI=1S/C10H12N4O2S/c1-8-11-10(13-12-8)14-17(15,16)7-9-5-3-2-4-6-9/h2-6H,7H2,1H3,(H2,11,12,13,14). The molecule has 1 aromatic heterocycles. The Balaban J connectivity index is 2.10. The van der Waals surface area contributed by atoms with Crippen molar-refractivity contribution < 1.29 is 8.42 Å². The molecule has 0 aliphatic heterocycles. The largest absolute Gasteiger partial charge is 0.261 e. The molecular formula is C10H12N4O2S. The number of hydrogen-bond acceptors (Lipinski definition) is 4. The summed E-state index contributed by atoms with van der Waals surface area (Å²) in [6, 6.07) is 8.93. The van der Waals surface area contributed by atoms with Gasteiger partial charge in [0.25, 0.3) is 5.95 Å². The van der Waals surface area contributed by atoms with Crippen molar-refractivity contribution in [3.63, 3.8) is 0 Å². The number of sulfonamides is 1. The zero-order chi connectivity index (χ0) is 12.3. The molecule has 2 aromatic rings. The maximum absolute atomic E-state index is 11.8. The maximum Gasteiger partial charge on any atom is 0.255 e. The fourth-order valence-electron chi connectivity index (χ4n) is 1.36. The van der Waals surface area contributed by atoms with E-state index >= 15 is 0 Å². The smallest absolute Gasteiger partial charge is 0.255 e. The van der Waals surface area contributed by atoms with Crippen LogP contribution < -0.4 is 4.72 Å². The molecule has 1 aromatic carbocycles. The van der Waals surface area contributed by atoms with E-state index in [4.69, 9.17) is 0 Å². The fraction of sp³-hybridized carbons (Fsp3) is 0.200. The molecule has 0 aliphatic rings. The molecule has 0 saturated heterocycles. The summed E-state index contributed by atoms with van der Waals surface area (Å²) in [4.78, 5) is 3.88. The number of anilines is 1. The van der Waals surface area contributed by atoms with Crippen molar-refractivity contribution in [2.45, 2.75) is 12.7 Å². The maximum atomic E-state index is 11.8. The van der Waals surface area contributed by atoms with Crippen LogP contribution in [0, 0.1) is 6.92 Å². The molecule has 0 atom stereocenters. The molecular weight excluding hydrogens is 240 g/mol. The van der Waals surface area contributed by atoms with E-state index in [0.29, 0.717) is 11.4 Å². The molecule has 0 saturated carbocycles. The van der Waals surface area contributed by atoms with Crippen LogP contribution in [0.1, 0.15) is 11.4 Å². The first-order chi connectivity index (χ1) is 8.05. The van der Waals surface area contributed by atoms with E-state index in [-0.39, 0.29) is 11.7 Å². The average molecular weight is 252 g/mol. The van der Waals surface area contributed by atoms with Crippen LogP contribution in [0.3, 0.4) is 0 Å². The average Bonchev–Trinajstić information content (AvgIpc) is 2.63. The Morgan fingerprint density at radius 1 is 1.29 bits per heavy atom. The van der Waals surface area contributed by atoms with Crippen LogP contribution >= 0.6 is 0 Å². The lowest BCUT2D eigenvalue weighted by molar-refractivity contribution is 0.600. The summed E-state index contributed by atoms with van der Waals surface area (Å²) in [5.41, 5.74) is 0.715. The molecule has 0 fully saturated rings. The van der Waals surface area contributed by atoms with E-state index in [2.05, 4.69) is 19.9 Å². The highest BCUT2D eigenvalue weighted by Gasteiger charge is 2.13. The topological polar surface area (TPSA) is 87.7 Å². The van der Waals surface area contributed by atoms with Gasteiger partial charge in [-0.25, -0.2) is 13.1 Å². The number of rotatable bonds is 4. The Morgan fingerprint density at radius 2 is 2.00 bits per heavy atom. The van der Waals surface area contributed by atoms with Crippen LogP contribution in [0.4, 0.5) is 5.95 Å². The van der Waals surface area contributed by atoms with Crippen molar-refractivity contribution in [1.29, 1.82) is 0 Å². The zero-order valence-electron chi connectivity index (χ0n) is 9.21. The van der Waals surface area contributed by atoms with Gasteiger partial charge in [-0.1, -0.05) is 30.3 Å². The first kappa shape index (κ1) is 11.6. The van der Waals surface area contributed by atoms with Gasteiger partial charge in [-0.05, 0) is 12.5 Å². The molecule has 0 bridgehead atoms. The summed E-state index contributed by atoms with van der Waals surface area (Å²) in [6.45, 7) is 1.70. The number of aromatic nitrogens is 3. The predicted molar refractivity (Wildman–Crippen MR) is 63.8 cm³/mol. The highest BCUT2D eigenvalue weighted by atomic mass is 32.2. The lowest BCUT2D eigenvalue weighted by Crippen LogP contribution is -2.16. The molecule has 0 aliphatic carbocycles. The summed E-state index contributed by atoms with van der Waals surface area (Å²) in [5, 5.41) is 6.28. The van der Waals surface area contributed by atoms with Gasteiger partial charge in [0.15, 0.2) is 0 Å². The number of hydrogen-bond donors (Lipinski definition) is 2. The van der Waals surface area contributed by atoms with E-state index in [1.807, 2.05) is 6.07 Å². The Kier molecular flexibility index (Phi) is 3.10. The van der Waals surface area contributed by atoms with Gasteiger partial charge in [-0.3, -0.25) is 5.10 Å². The van der Waals surface area contributed by atoms with E-state index in [1.165, 1.54) is 0 Å². The third-order valence-corrected chi connectivity index (χ3v) is 3.25. The van der Waals surface area contributed by atoms with Gasteiger partial charge in [0, 0.05) is 0 Å². The molecule has 0 amide bonds. The summed E-state index contributed by atoms with van der Waals surface area (Å²) >= 11 is 0. The third-order valence-electron chi connectivity index (χ3n) is 2.04. The first-order valence-corrected chi connectivity index (χ1v) is 6.64. The Labute approximate surface area is 99.1 Å². The molecule has 6 nitrogen and oxygen atoms in total. The molecule has 1 heterocycles. The highest BCUT2D eigenvalue weighted by molar-refractivity contribution is 7.91. The normalized spacial score (nSPS) is 11.4. The van der Waals surface area contributed by atoms with Gasteiger partial charge < -0.3 is 0 Å². The fourth-order valence-corrected chi connectivity index (χ4v) is 2.43. The van der Waals surface area contributed by atoms with Crippen molar-refractivity contribution in [3.8, 4) is 0 Å². The number of benzene rings is 1. The van der Waals surface area contributed by atoms with Crippen LogP contribution in [-0.2, 0) is 15.8 Å². The van der Waals surface area contributed by atoms with E-state index in [0.717, 1.165) is 0 Å². The molecule has 90 valence electrons. The van der Waals surface area contributed by atoms with Gasteiger partial charge >= 0.3 is 0 Å². The quantitative estimate of drug-likeness (QED) is 0.851. The lowest BCUT2D eigenvalue weighted by atomic mass is 10.2. The van der Waals surface area contributed by atoms with Crippen LogP contribution in [0.25, 0.3) is 0 Å². The minimum absolute atomic E-state index is 0.0680. The molecule has 2 rings (SSSR count). The second-order valence-electron chi connectivity index (χ2n) is 3.59. The Hall–Kier alpha value is -1.89. The molecule has 17 heavy (non-hydrogen) atoms. The summed E-state index contributed by atoms with van der Waals surface area (Å²) in [7, 11) is -3.47. The van der Waals surface area contributed by atoms with Gasteiger partial charge in [0.05, 0.1) is 5.75 Å². The summed E-state index contributed by atoms with van der Waals surface area (Å²) in [5.74, 6) is 0.530. The number of nitrogens with one attached hydrogen (secondary N) is 2. The predicted octanol–water partition coefficient (Wildman–Crippen LogP) is 1.06. The number of H-pyrrole nitrogens is 1. The van der Waals surface area contributed by atoms with Crippen LogP contribution in [0.5, 0.6) is 0 Å². The number of nitrogens with zero attached hydrogens (tertiary/aromatic N) is 2. The van der Waals surface area contributed by atoms with E-state index in [1.54, 1.807) is 31.2 Å². The third kappa shape index (κ3) is 3.28. The molecule has 7 heteroatoms. The lowest BCUT2D eigenvalue weighted by Gasteiger charge is -2.03.